The molecule has 94 valence electrons. The molecule has 1 aromatic rings. The Bertz CT molecular complexity index is 427. The first kappa shape index (κ1) is 14.3. The van der Waals surface area contributed by atoms with Crippen LogP contribution in [0.15, 0.2) is 18.2 Å². The van der Waals surface area contributed by atoms with Crippen molar-refractivity contribution in [2.24, 2.45) is 0 Å². The molecule has 0 saturated carbocycles. The summed E-state index contributed by atoms with van der Waals surface area (Å²) < 4.78 is 0. The van der Waals surface area contributed by atoms with Crippen LogP contribution in [0.25, 0.3) is 0 Å². The van der Waals surface area contributed by atoms with E-state index in [1.54, 1.807) is 6.07 Å². The summed E-state index contributed by atoms with van der Waals surface area (Å²) in [6, 6.07) is 5.39. The fraction of sp³-hybridized carbons (Fsp3) is 0.462. The van der Waals surface area contributed by atoms with E-state index in [-0.39, 0.29) is 11.3 Å². The van der Waals surface area contributed by atoms with Gasteiger partial charge in [-0.05, 0) is 39.3 Å². The monoisotopic (exact) mass is 273 g/mol. The summed E-state index contributed by atoms with van der Waals surface area (Å²) in [7, 11) is 0. The van der Waals surface area contributed by atoms with E-state index in [1.165, 1.54) is 0 Å². The Labute approximate surface area is 112 Å². The van der Waals surface area contributed by atoms with Crippen molar-refractivity contribution in [3.8, 4) is 0 Å². The lowest BCUT2D eigenvalue weighted by Crippen LogP contribution is -2.49. The Kier molecular flexibility index (Phi) is 4.45. The van der Waals surface area contributed by atoms with Gasteiger partial charge < -0.3 is 5.32 Å². The average molecular weight is 274 g/mol. The second-order valence-electron chi connectivity index (χ2n) is 4.73. The van der Waals surface area contributed by atoms with Crippen molar-refractivity contribution in [2.45, 2.75) is 38.6 Å². The highest BCUT2D eigenvalue weighted by molar-refractivity contribution is 6.34. The van der Waals surface area contributed by atoms with E-state index in [2.05, 4.69) is 5.32 Å². The van der Waals surface area contributed by atoms with Gasteiger partial charge in [0.25, 0.3) is 5.91 Å². The van der Waals surface area contributed by atoms with Crippen molar-refractivity contribution >= 4 is 29.1 Å². The third kappa shape index (κ3) is 3.36. The average Bonchev–Trinajstić information content (AvgIpc) is 2.21. The molecule has 17 heavy (non-hydrogen) atoms. The van der Waals surface area contributed by atoms with Gasteiger partial charge in [-0.2, -0.15) is 0 Å². The maximum atomic E-state index is 12.1. The van der Waals surface area contributed by atoms with E-state index in [0.717, 1.165) is 5.56 Å². The number of aryl methyl sites for hydroxylation is 1. The van der Waals surface area contributed by atoms with E-state index < -0.39 is 5.54 Å². The predicted octanol–water partition coefficient (Wildman–Crippen LogP) is 3.78. The second-order valence-corrected chi connectivity index (χ2v) is 5.76. The first-order valence-electron chi connectivity index (χ1n) is 5.47. The van der Waals surface area contributed by atoms with Gasteiger partial charge in [0.2, 0.25) is 0 Å². The van der Waals surface area contributed by atoms with Crippen LogP contribution in [-0.2, 0) is 0 Å². The Morgan fingerprint density at radius 2 is 2.00 bits per heavy atom. The molecule has 0 radical (unpaired) electrons. The predicted molar refractivity (Wildman–Crippen MR) is 73.0 cm³/mol. The van der Waals surface area contributed by atoms with Gasteiger partial charge >= 0.3 is 0 Å². The molecule has 2 nitrogen and oxygen atoms in total. The highest BCUT2D eigenvalue weighted by atomic mass is 35.5. The maximum absolute atomic E-state index is 12.1. The van der Waals surface area contributed by atoms with E-state index in [0.29, 0.717) is 10.6 Å². The molecule has 1 N–H and O–H groups in total. The molecule has 0 spiro atoms. The van der Waals surface area contributed by atoms with Crippen molar-refractivity contribution < 1.29 is 4.79 Å². The number of alkyl halides is 1. The van der Waals surface area contributed by atoms with Gasteiger partial charge in [0.05, 0.1) is 21.5 Å². The minimum atomic E-state index is -0.480. The summed E-state index contributed by atoms with van der Waals surface area (Å²) in [5, 5.41) is 3.20. The van der Waals surface area contributed by atoms with Crippen LogP contribution in [0.1, 0.15) is 36.7 Å². The lowest BCUT2D eigenvalue weighted by molar-refractivity contribution is 0.0912. The first-order chi connectivity index (χ1) is 7.75. The normalized spacial score (nSPS) is 13.3. The molecule has 1 atom stereocenters. The number of carbonyl (C=O) groups is 1. The molecule has 1 unspecified atom stereocenters. The molecule has 0 aliphatic rings. The zero-order valence-corrected chi connectivity index (χ0v) is 12.0. The summed E-state index contributed by atoms with van der Waals surface area (Å²) in [5.41, 5.74) is 0.888. The smallest absolute Gasteiger partial charge is 0.253 e. The molecular formula is C13H17Cl2NO. The minimum Gasteiger partial charge on any atom is -0.346 e. The van der Waals surface area contributed by atoms with E-state index in [4.69, 9.17) is 23.2 Å². The van der Waals surface area contributed by atoms with Crippen LogP contribution < -0.4 is 5.32 Å². The number of carbonyl (C=O) groups excluding carboxylic acids is 1. The minimum absolute atomic E-state index is 0.171. The molecule has 0 heterocycles. The molecule has 1 aromatic carbocycles. The fourth-order valence-corrected chi connectivity index (χ4v) is 1.55. The van der Waals surface area contributed by atoms with Crippen LogP contribution in [0.4, 0.5) is 0 Å². The number of hydrogen-bond donors (Lipinski definition) is 1. The number of hydrogen-bond acceptors (Lipinski definition) is 1. The van der Waals surface area contributed by atoms with Crippen LogP contribution in [-0.4, -0.2) is 16.8 Å². The van der Waals surface area contributed by atoms with Crippen molar-refractivity contribution in [1.29, 1.82) is 0 Å². The summed E-state index contributed by atoms with van der Waals surface area (Å²) in [6.07, 6.45) is 0. The molecule has 0 saturated heterocycles. The fourth-order valence-electron chi connectivity index (χ4n) is 1.28. The number of rotatable bonds is 3. The maximum Gasteiger partial charge on any atom is 0.253 e. The Morgan fingerprint density at radius 1 is 1.41 bits per heavy atom. The van der Waals surface area contributed by atoms with Gasteiger partial charge in [0, 0.05) is 0 Å². The van der Waals surface area contributed by atoms with Crippen LogP contribution in [0, 0.1) is 6.92 Å². The third-order valence-corrected chi connectivity index (χ3v) is 3.91. The lowest BCUT2D eigenvalue weighted by atomic mass is 10.0. The van der Waals surface area contributed by atoms with Crippen molar-refractivity contribution in [3.63, 3.8) is 0 Å². The van der Waals surface area contributed by atoms with Crippen molar-refractivity contribution in [1.82, 2.24) is 5.32 Å². The summed E-state index contributed by atoms with van der Waals surface area (Å²) >= 11 is 12.1. The van der Waals surface area contributed by atoms with Gasteiger partial charge in [-0.15, -0.1) is 11.6 Å². The Hall–Kier alpha value is -0.730. The lowest BCUT2D eigenvalue weighted by Gasteiger charge is -2.29. The van der Waals surface area contributed by atoms with E-state index in [9.17, 15) is 4.79 Å². The van der Waals surface area contributed by atoms with E-state index >= 15 is 0 Å². The van der Waals surface area contributed by atoms with E-state index in [1.807, 2.05) is 39.8 Å². The molecule has 1 amide bonds. The Balaban J connectivity index is 2.95. The van der Waals surface area contributed by atoms with Gasteiger partial charge in [-0.3, -0.25) is 4.79 Å². The third-order valence-electron chi connectivity index (χ3n) is 2.87. The highest BCUT2D eigenvalue weighted by Crippen LogP contribution is 2.22. The molecule has 0 aliphatic heterocycles. The number of halogens is 2. The second kappa shape index (κ2) is 5.28. The Morgan fingerprint density at radius 3 is 2.53 bits per heavy atom. The molecule has 1 rings (SSSR count). The number of amides is 1. The van der Waals surface area contributed by atoms with Gasteiger partial charge in [0.15, 0.2) is 0 Å². The zero-order chi connectivity index (χ0) is 13.2. The summed E-state index contributed by atoms with van der Waals surface area (Å²) in [5.74, 6) is -0.198. The van der Waals surface area contributed by atoms with Gasteiger partial charge in [-0.25, -0.2) is 0 Å². The zero-order valence-electron chi connectivity index (χ0n) is 10.5. The van der Waals surface area contributed by atoms with Gasteiger partial charge in [0.1, 0.15) is 0 Å². The van der Waals surface area contributed by atoms with Crippen molar-refractivity contribution in [3.05, 3.63) is 34.3 Å². The van der Waals surface area contributed by atoms with Crippen molar-refractivity contribution in [2.75, 3.05) is 0 Å². The standard InChI is InChI=1S/C13H17Cl2NO/c1-8-6-5-7-10(11(8)15)12(17)16-13(3,4)9(2)14/h5-7,9H,1-4H3,(H,16,17). The van der Waals surface area contributed by atoms with Gasteiger partial charge in [-0.1, -0.05) is 23.7 Å². The van der Waals surface area contributed by atoms with Crippen LogP contribution >= 0.6 is 23.2 Å². The topological polar surface area (TPSA) is 29.1 Å². The molecule has 4 heteroatoms. The molecule has 0 aliphatic carbocycles. The summed E-state index contributed by atoms with van der Waals surface area (Å²) in [4.78, 5) is 12.1. The highest BCUT2D eigenvalue weighted by Gasteiger charge is 2.27. The molecular weight excluding hydrogens is 257 g/mol. The molecule has 0 aromatic heterocycles. The van der Waals surface area contributed by atoms with Crippen LogP contribution in [0.3, 0.4) is 0 Å². The first-order valence-corrected chi connectivity index (χ1v) is 6.29. The number of nitrogens with one attached hydrogen (secondary N) is 1. The SMILES string of the molecule is Cc1cccc(C(=O)NC(C)(C)C(C)Cl)c1Cl. The van der Waals surface area contributed by atoms with Crippen LogP contribution in [0.5, 0.6) is 0 Å². The molecule has 0 fully saturated rings. The largest absolute Gasteiger partial charge is 0.346 e. The molecule has 0 bridgehead atoms. The summed E-state index contributed by atoms with van der Waals surface area (Å²) in [6.45, 7) is 7.48. The van der Waals surface area contributed by atoms with Crippen LogP contribution in [0.2, 0.25) is 5.02 Å². The number of benzene rings is 1. The quantitative estimate of drug-likeness (QED) is 0.835.